The predicted octanol–water partition coefficient (Wildman–Crippen LogP) is 3.76. The molecule has 3 aromatic carbocycles. The van der Waals surface area contributed by atoms with Gasteiger partial charge in [0.25, 0.3) is 0 Å². The van der Waals surface area contributed by atoms with E-state index in [-0.39, 0.29) is 6.79 Å². The van der Waals surface area contributed by atoms with Gasteiger partial charge in [0.15, 0.2) is 34.5 Å². The van der Waals surface area contributed by atoms with Crippen LogP contribution in [-0.4, -0.2) is 33.2 Å². The zero-order valence-corrected chi connectivity index (χ0v) is 17.6. The smallest absolute Gasteiger partial charge is 0.231 e. The van der Waals surface area contributed by atoms with Crippen LogP contribution in [0.3, 0.4) is 0 Å². The lowest BCUT2D eigenvalue weighted by Crippen LogP contribution is -2.15. The van der Waals surface area contributed by atoms with Crippen LogP contribution in [0.25, 0.3) is 0 Å². The topological polar surface area (TPSA) is 55.4 Å². The van der Waals surface area contributed by atoms with Crippen LogP contribution in [-0.2, 0) is 0 Å². The Hall–Kier alpha value is -4.42. The summed E-state index contributed by atoms with van der Waals surface area (Å²) >= 11 is 0. The molecule has 6 rings (SSSR count). The summed E-state index contributed by atoms with van der Waals surface area (Å²) in [4.78, 5) is 0. The molecule has 0 saturated carbocycles. The number of fused-ring (bicyclic) bond motifs is 3. The van der Waals surface area contributed by atoms with Gasteiger partial charge in [-0.3, -0.25) is 0 Å². The minimum Gasteiger partial charge on any atom is -0.486 e. The van der Waals surface area contributed by atoms with Crippen LogP contribution in [0.2, 0.25) is 0 Å². The van der Waals surface area contributed by atoms with E-state index in [1.165, 1.54) is 0 Å². The largest absolute Gasteiger partial charge is 0.486 e. The Labute approximate surface area is 190 Å². The van der Waals surface area contributed by atoms with E-state index in [0.29, 0.717) is 49.4 Å². The van der Waals surface area contributed by atoms with Crippen molar-refractivity contribution in [3.8, 4) is 58.2 Å². The highest BCUT2D eigenvalue weighted by Gasteiger charge is 2.16. The summed E-state index contributed by atoms with van der Waals surface area (Å²) in [6.07, 6.45) is 0. The van der Waals surface area contributed by atoms with Crippen molar-refractivity contribution in [2.75, 3.05) is 33.2 Å². The number of hydrogen-bond acceptors (Lipinski definition) is 6. The van der Waals surface area contributed by atoms with Gasteiger partial charge in [-0.15, -0.1) is 0 Å². The molecule has 33 heavy (non-hydrogen) atoms. The van der Waals surface area contributed by atoms with Gasteiger partial charge in [0.05, 0.1) is 0 Å². The molecule has 3 aromatic rings. The first-order valence-corrected chi connectivity index (χ1v) is 10.6. The highest BCUT2D eigenvalue weighted by molar-refractivity contribution is 5.62. The zero-order chi connectivity index (χ0) is 22.0. The molecule has 3 heterocycles. The molecular formula is C27H18O6. The first-order chi connectivity index (χ1) is 16.3. The fraction of sp³-hybridized carbons (Fsp3) is 0.185. The Morgan fingerprint density at radius 1 is 0.424 bits per heavy atom. The monoisotopic (exact) mass is 438 g/mol. The summed E-state index contributed by atoms with van der Waals surface area (Å²) in [5.74, 6) is 17.0. The van der Waals surface area contributed by atoms with Crippen molar-refractivity contribution >= 4 is 0 Å². The maximum absolute atomic E-state index is 5.66. The van der Waals surface area contributed by atoms with Crippen LogP contribution in [0.1, 0.15) is 22.3 Å². The summed E-state index contributed by atoms with van der Waals surface area (Å²) in [6.45, 7) is 2.36. The van der Waals surface area contributed by atoms with Gasteiger partial charge >= 0.3 is 0 Å². The fourth-order valence-corrected chi connectivity index (χ4v) is 3.67. The van der Waals surface area contributed by atoms with Gasteiger partial charge in [-0.1, -0.05) is 23.7 Å². The molecule has 0 unspecified atom stereocenters. The van der Waals surface area contributed by atoms with Crippen molar-refractivity contribution in [3.05, 3.63) is 70.8 Å². The normalized spacial score (nSPS) is 14.4. The lowest BCUT2D eigenvalue weighted by molar-refractivity contribution is 0.171. The number of ether oxygens (including phenoxy) is 6. The van der Waals surface area contributed by atoms with E-state index in [4.69, 9.17) is 28.4 Å². The predicted molar refractivity (Wildman–Crippen MR) is 119 cm³/mol. The van der Waals surface area contributed by atoms with Gasteiger partial charge in [-0.25, -0.2) is 0 Å². The quantitative estimate of drug-likeness (QED) is 0.499. The molecule has 0 radical (unpaired) electrons. The van der Waals surface area contributed by atoms with E-state index in [9.17, 15) is 0 Å². The molecule has 0 bridgehead atoms. The van der Waals surface area contributed by atoms with Crippen molar-refractivity contribution < 1.29 is 28.4 Å². The maximum atomic E-state index is 5.66. The third-order valence-corrected chi connectivity index (χ3v) is 5.28. The van der Waals surface area contributed by atoms with Crippen molar-refractivity contribution in [2.24, 2.45) is 0 Å². The average Bonchev–Trinajstić information content (AvgIpc) is 3.33. The van der Waals surface area contributed by atoms with Crippen LogP contribution in [0, 0.1) is 23.7 Å². The van der Waals surface area contributed by atoms with Gasteiger partial charge in [-0.2, -0.15) is 0 Å². The van der Waals surface area contributed by atoms with Crippen LogP contribution in [0.4, 0.5) is 0 Å². The molecule has 0 atom stereocenters. The molecule has 0 N–H and O–H groups in total. The number of rotatable bonds is 0. The maximum Gasteiger partial charge on any atom is 0.231 e. The van der Waals surface area contributed by atoms with Gasteiger partial charge in [-0.05, 0) is 36.4 Å². The standard InChI is InChI=1S/C27H18O6/c1(18-3-7-22-24(13-18)30-11-9-28-22)5-20-15-26-27(33-17-32-26)16-21(20)6-2-19-4-8-23-25(14-19)31-12-10-29-23/h3-4,7-8,13-16H,9-12,17H2. The first-order valence-electron chi connectivity index (χ1n) is 10.6. The lowest BCUT2D eigenvalue weighted by Gasteiger charge is -2.18. The molecule has 0 amide bonds. The number of benzene rings is 3. The fourth-order valence-electron chi connectivity index (χ4n) is 3.67. The molecule has 6 heteroatoms. The van der Waals surface area contributed by atoms with Gasteiger partial charge in [0.1, 0.15) is 26.4 Å². The van der Waals surface area contributed by atoms with Gasteiger partial charge in [0.2, 0.25) is 6.79 Å². The first kappa shape index (κ1) is 19.3. The summed E-state index contributed by atoms with van der Waals surface area (Å²) in [6, 6.07) is 15.1. The Bertz CT molecular complexity index is 1260. The summed E-state index contributed by atoms with van der Waals surface area (Å²) < 4.78 is 33.6. The summed E-state index contributed by atoms with van der Waals surface area (Å²) in [5, 5.41) is 0. The molecule has 0 aromatic heterocycles. The van der Waals surface area contributed by atoms with E-state index >= 15 is 0 Å². The van der Waals surface area contributed by atoms with E-state index < -0.39 is 0 Å². The molecular weight excluding hydrogens is 420 g/mol. The third kappa shape index (κ3) is 3.95. The van der Waals surface area contributed by atoms with Gasteiger partial charge < -0.3 is 28.4 Å². The van der Waals surface area contributed by atoms with E-state index in [1.807, 2.05) is 48.5 Å². The second kappa shape index (κ2) is 8.26. The molecule has 0 saturated heterocycles. The minimum atomic E-state index is 0.184. The van der Waals surface area contributed by atoms with Gasteiger partial charge in [0, 0.05) is 34.4 Å². The van der Waals surface area contributed by atoms with Crippen LogP contribution >= 0.6 is 0 Å². The highest BCUT2D eigenvalue weighted by atomic mass is 16.7. The molecule has 0 spiro atoms. The molecule has 0 aliphatic carbocycles. The number of hydrogen-bond donors (Lipinski definition) is 0. The zero-order valence-electron chi connectivity index (χ0n) is 17.6. The Morgan fingerprint density at radius 2 is 0.848 bits per heavy atom. The van der Waals surface area contributed by atoms with Crippen molar-refractivity contribution in [2.45, 2.75) is 0 Å². The van der Waals surface area contributed by atoms with Crippen molar-refractivity contribution in [1.29, 1.82) is 0 Å². The second-order valence-electron chi connectivity index (χ2n) is 7.47. The second-order valence-corrected chi connectivity index (χ2v) is 7.47. The van der Waals surface area contributed by atoms with E-state index in [1.54, 1.807) is 0 Å². The lowest BCUT2D eigenvalue weighted by atomic mass is 10.1. The average molecular weight is 438 g/mol. The minimum absolute atomic E-state index is 0.184. The molecule has 0 fully saturated rings. The highest BCUT2D eigenvalue weighted by Crippen LogP contribution is 2.35. The third-order valence-electron chi connectivity index (χ3n) is 5.28. The molecule has 3 aliphatic heterocycles. The Balaban J connectivity index is 1.35. The van der Waals surface area contributed by atoms with Crippen molar-refractivity contribution in [1.82, 2.24) is 0 Å². The summed E-state index contributed by atoms with van der Waals surface area (Å²) in [5.41, 5.74) is 3.14. The molecule has 3 aliphatic rings. The summed E-state index contributed by atoms with van der Waals surface area (Å²) in [7, 11) is 0. The van der Waals surface area contributed by atoms with Crippen molar-refractivity contribution in [3.63, 3.8) is 0 Å². The molecule has 162 valence electrons. The van der Waals surface area contributed by atoms with E-state index in [2.05, 4.69) is 23.7 Å². The molecule has 6 nitrogen and oxygen atoms in total. The van der Waals surface area contributed by atoms with Crippen LogP contribution in [0.15, 0.2) is 48.5 Å². The Morgan fingerprint density at radius 3 is 1.33 bits per heavy atom. The van der Waals surface area contributed by atoms with Crippen LogP contribution in [0.5, 0.6) is 34.5 Å². The Kier molecular flexibility index (Phi) is 4.82. The van der Waals surface area contributed by atoms with E-state index in [0.717, 1.165) is 33.8 Å². The SMILES string of the molecule is C(#Cc1cc2c(cc1C#Cc1ccc3c(c1)OCCO3)OCO2)c1ccc2c(c1)OCCO2. The van der Waals surface area contributed by atoms with Crippen LogP contribution < -0.4 is 28.4 Å².